The molecule has 2 fully saturated rings. The molecule has 0 amide bonds. The van der Waals surface area contributed by atoms with Gasteiger partial charge in [-0.05, 0) is 38.5 Å². The summed E-state index contributed by atoms with van der Waals surface area (Å²) in [5, 5.41) is 3.69. The van der Waals surface area contributed by atoms with Gasteiger partial charge in [-0.1, -0.05) is 13.8 Å². The summed E-state index contributed by atoms with van der Waals surface area (Å²) in [7, 11) is 1.86. The Labute approximate surface area is 112 Å². The van der Waals surface area contributed by atoms with Crippen LogP contribution in [0.1, 0.15) is 52.4 Å². The highest BCUT2D eigenvalue weighted by Crippen LogP contribution is 2.28. The van der Waals surface area contributed by atoms with Crippen LogP contribution in [0.5, 0.6) is 0 Å². The van der Waals surface area contributed by atoms with Gasteiger partial charge in [0.2, 0.25) is 0 Å². The quantitative estimate of drug-likeness (QED) is 0.834. The monoisotopic (exact) mass is 254 g/mol. The lowest BCUT2D eigenvalue weighted by Crippen LogP contribution is -2.59. The zero-order valence-electron chi connectivity index (χ0n) is 12.3. The van der Waals surface area contributed by atoms with Crippen LogP contribution in [-0.2, 0) is 4.74 Å². The van der Waals surface area contributed by atoms with Crippen LogP contribution >= 0.6 is 0 Å². The van der Waals surface area contributed by atoms with E-state index < -0.39 is 0 Å². The van der Waals surface area contributed by atoms with Gasteiger partial charge in [0.05, 0.1) is 6.10 Å². The molecular weight excluding hydrogens is 224 g/mol. The van der Waals surface area contributed by atoms with E-state index in [1.807, 2.05) is 7.11 Å². The molecule has 0 aromatic heterocycles. The van der Waals surface area contributed by atoms with Crippen LogP contribution in [0.3, 0.4) is 0 Å². The largest absolute Gasteiger partial charge is 0.381 e. The van der Waals surface area contributed by atoms with Gasteiger partial charge in [0.1, 0.15) is 0 Å². The number of methoxy groups -OCH3 is 1. The van der Waals surface area contributed by atoms with Gasteiger partial charge in [0, 0.05) is 38.3 Å². The molecule has 1 saturated carbocycles. The average Bonchev–Trinajstić information content (AvgIpc) is 2.46. The third-order valence-corrected chi connectivity index (χ3v) is 4.95. The van der Waals surface area contributed by atoms with Gasteiger partial charge in [0.15, 0.2) is 0 Å². The smallest absolute Gasteiger partial charge is 0.0572 e. The Morgan fingerprint density at radius 1 is 1.11 bits per heavy atom. The van der Waals surface area contributed by atoms with Crippen molar-refractivity contribution in [3.8, 4) is 0 Å². The topological polar surface area (TPSA) is 24.5 Å². The molecule has 0 aromatic rings. The molecule has 2 rings (SSSR count). The zero-order chi connectivity index (χ0) is 13.0. The fraction of sp³-hybridized carbons (Fsp3) is 1.00. The fourth-order valence-electron chi connectivity index (χ4n) is 3.60. The van der Waals surface area contributed by atoms with E-state index in [1.165, 1.54) is 51.6 Å². The highest BCUT2D eigenvalue weighted by molar-refractivity contribution is 4.91. The molecule has 2 aliphatic rings. The first-order valence-electron chi connectivity index (χ1n) is 7.80. The minimum atomic E-state index is 0.520. The standard InChI is InChI=1S/C15H30N2O/c1-4-12-11-17(13(5-2)10-16-12)14-6-8-15(18-3)9-7-14/h12-16H,4-11H2,1-3H3. The summed E-state index contributed by atoms with van der Waals surface area (Å²) in [5.41, 5.74) is 0. The molecule has 0 radical (unpaired) electrons. The van der Waals surface area contributed by atoms with Crippen LogP contribution < -0.4 is 5.32 Å². The van der Waals surface area contributed by atoms with E-state index in [2.05, 4.69) is 24.1 Å². The van der Waals surface area contributed by atoms with Crippen molar-refractivity contribution in [3.05, 3.63) is 0 Å². The van der Waals surface area contributed by atoms with Gasteiger partial charge in [-0.3, -0.25) is 4.90 Å². The minimum absolute atomic E-state index is 0.520. The zero-order valence-corrected chi connectivity index (χ0v) is 12.3. The van der Waals surface area contributed by atoms with Crippen LogP contribution in [0, 0.1) is 0 Å². The van der Waals surface area contributed by atoms with E-state index in [0.29, 0.717) is 12.1 Å². The Hall–Kier alpha value is -0.120. The number of nitrogens with zero attached hydrogens (tertiary/aromatic N) is 1. The predicted molar refractivity (Wildman–Crippen MR) is 75.9 cm³/mol. The summed E-state index contributed by atoms with van der Waals surface area (Å²) in [6, 6.07) is 2.25. The summed E-state index contributed by atoms with van der Waals surface area (Å²) in [6.07, 6.45) is 8.19. The van der Waals surface area contributed by atoms with Gasteiger partial charge < -0.3 is 10.1 Å². The second-order valence-corrected chi connectivity index (χ2v) is 5.94. The first-order valence-corrected chi connectivity index (χ1v) is 7.80. The summed E-state index contributed by atoms with van der Waals surface area (Å²) in [6.45, 7) is 7.05. The number of nitrogens with one attached hydrogen (secondary N) is 1. The first-order chi connectivity index (χ1) is 8.78. The summed E-state index contributed by atoms with van der Waals surface area (Å²) in [4.78, 5) is 2.80. The second kappa shape index (κ2) is 6.88. The number of hydrogen-bond donors (Lipinski definition) is 1. The van der Waals surface area contributed by atoms with Crippen molar-refractivity contribution in [3.63, 3.8) is 0 Å². The predicted octanol–water partition coefficient (Wildman–Crippen LogP) is 2.41. The lowest BCUT2D eigenvalue weighted by Gasteiger charge is -2.46. The molecule has 3 heteroatoms. The molecule has 1 aliphatic heterocycles. The molecule has 18 heavy (non-hydrogen) atoms. The van der Waals surface area contributed by atoms with E-state index in [-0.39, 0.29) is 0 Å². The van der Waals surface area contributed by atoms with E-state index in [0.717, 1.165) is 12.1 Å². The maximum atomic E-state index is 5.49. The van der Waals surface area contributed by atoms with Crippen molar-refractivity contribution in [2.24, 2.45) is 0 Å². The van der Waals surface area contributed by atoms with Crippen molar-refractivity contribution in [2.45, 2.75) is 76.6 Å². The Bertz CT molecular complexity index is 239. The molecule has 3 nitrogen and oxygen atoms in total. The lowest BCUT2D eigenvalue weighted by molar-refractivity contribution is 0.0105. The molecule has 1 N–H and O–H groups in total. The maximum absolute atomic E-state index is 5.49. The van der Waals surface area contributed by atoms with Crippen molar-refractivity contribution in [1.29, 1.82) is 0 Å². The highest BCUT2D eigenvalue weighted by Gasteiger charge is 2.33. The number of piperazine rings is 1. The number of rotatable bonds is 4. The highest BCUT2D eigenvalue weighted by atomic mass is 16.5. The molecule has 1 heterocycles. The molecule has 0 aromatic carbocycles. The first kappa shape index (κ1) is 14.3. The van der Waals surface area contributed by atoms with Crippen molar-refractivity contribution >= 4 is 0 Å². The van der Waals surface area contributed by atoms with Crippen LogP contribution in [-0.4, -0.2) is 49.3 Å². The normalized spacial score (nSPS) is 38.8. The van der Waals surface area contributed by atoms with Crippen LogP contribution in [0.4, 0.5) is 0 Å². The van der Waals surface area contributed by atoms with Crippen LogP contribution in [0.2, 0.25) is 0 Å². The summed E-state index contributed by atoms with van der Waals surface area (Å²) in [5.74, 6) is 0. The molecule has 1 aliphatic carbocycles. The minimum Gasteiger partial charge on any atom is -0.381 e. The molecule has 106 valence electrons. The third kappa shape index (κ3) is 3.25. The molecule has 2 atom stereocenters. The molecular formula is C15H30N2O. The molecule has 0 bridgehead atoms. The van der Waals surface area contributed by atoms with Gasteiger partial charge in [-0.2, -0.15) is 0 Å². The lowest BCUT2D eigenvalue weighted by atomic mass is 9.89. The second-order valence-electron chi connectivity index (χ2n) is 5.94. The van der Waals surface area contributed by atoms with Crippen molar-refractivity contribution < 1.29 is 4.74 Å². The van der Waals surface area contributed by atoms with Crippen LogP contribution in [0.15, 0.2) is 0 Å². The number of hydrogen-bond acceptors (Lipinski definition) is 3. The Morgan fingerprint density at radius 2 is 1.83 bits per heavy atom. The van der Waals surface area contributed by atoms with Gasteiger partial charge in [-0.25, -0.2) is 0 Å². The Kier molecular flexibility index (Phi) is 5.46. The fourth-order valence-corrected chi connectivity index (χ4v) is 3.60. The van der Waals surface area contributed by atoms with Gasteiger partial charge in [0.25, 0.3) is 0 Å². The average molecular weight is 254 g/mol. The summed E-state index contributed by atoms with van der Waals surface area (Å²) < 4.78 is 5.49. The van der Waals surface area contributed by atoms with Crippen molar-refractivity contribution in [1.82, 2.24) is 10.2 Å². The maximum Gasteiger partial charge on any atom is 0.0572 e. The Balaban J connectivity index is 1.91. The third-order valence-electron chi connectivity index (χ3n) is 4.95. The number of ether oxygens (including phenoxy) is 1. The molecule has 0 spiro atoms. The summed E-state index contributed by atoms with van der Waals surface area (Å²) >= 11 is 0. The van der Waals surface area contributed by atoms with Gasteiger partial charge >= 0.3 is 0 Å². The van der Waals surface area contributed by atoms with E-state index in [4.69, 9.17) is 4.74 Å². The van der Waals surface area contributed by atoms with E-state index in [9.17, 15) is 0 Å². The van der Waals surface area contributed by atoms with Crippen LogP contribution in [0.25, 0.3) is 0 Å². The van der Waals surface area contributed by atoms with E-state index >= 15 is 0 Å². The molecule has 2 unspecified atom stereocenters. The Morgan fingerprint density at radius 3 is 2.39 bits per heavy atom. The van der Waals surface area contributed by atoms with E-state index in [1.54, 1.807) is 0 Å². The van der Waals surface area contributed by atoms with Gasteiger partial charge in [-0.15, -0.1) is 0 Å². The molecule has 1 saturated heterocycles. The van der Waals surface area contributed by atoms with Crippen molar-refractivity contribution in [2.75, 3.05) is 20.2 Å². The SMILES string of the molecule is CCC1CN(C2CCC(OC)CC2)C(CC)CN1.